The van der Waals surface area contributed by atoms with Crippen LogP contribution in [0.1, 0.15) is 53.0 Å². The molecule has 28 heavy (non-hydrogen) atoms. The molecule has 2 aromatic heterocycles. The van der Waals surface area contributed by atoms with Crippen LogP contribution in [0.3, 0.4) is 0 Å². The van der Waals surface area contributed by atoms with Crippen LogP contribution in [0.4, 0.5) is 0 Å². The molecule has 144 valence electrons. The smallest absolute Gasteiger partial charge is 0.271 e. The zero-order valence-electron chi connectivity index (χ0n) is 15.2. The number of aromatic nitrogens is 2. The normalized spacial score (nSPS) is 16.9. The van der Waals surface area contributed by atoms with Crippen LogP contribution in [0.15, 0.2) is 57.9 Å². The molecular formula is C21H20ClN3O3. The molecular weight excluding hydrogens is 378 g/mol. The number of aromatic amines is 1. The number of H-pyrrole nitrogens is 1. The molecule has 0 radical (unpaired) electrons. The summed E-state index contributed by atoms with van der Waals surface area (Å²) in [6, 6.07) is 12.0. The molecule has 1 saturated heterocycles. The predicted octanol–water partition coefficient (Wildman–Crippen LogP) is 3.97. The number of nitrogens with zero attached hydrogens (tertiary/aromatic N) is 2. The van der Waals surface area contributed by atoms with Gasteiger partial charge < -0.3 is 14.3 Å². The lowest BCUT2D eigenvalue weighted by Gasteiger charge is -2.33. The summed E-state index contributed by atoms with van der Waals surface area (Å²) in [6.45, 7) is 0.600. The first kappa shape index (κ1) is 18.5. The van der Waals surface area contributed by atoms with E-state index in [0.29, 0.717) is 29.6 Å². The molecule has 0 aliphatic carbocycles. The van der Waals surface area contributed by atoms with Gasteiger partial charge in [-0.25, -0.2) is 4.98 Å². The van der Waals surface area contributed by atoms with Crippen molar-refractivity contribution in [2.75, 3.05) is 6.54 Å². The van der Waals surface area contributed by atoms with Crippen LogP contribution in [0, 0.1) is 0 Å². The molecule has 7 heteroatoms. The van der Waals surface area contributed by atoms with Gasteiger partial charge in [-0.1, -0.05) is 35.9 Å². The fraction of sp³-hybridized carbons (Fsp3) is 0.286. The van der Waals surface area contributed by atoms with Crippen LogP contribution in [0.2, 0.25) is 5.02 Å². The van der Waals surface area contributed by atoms with Gasteiger partial charge >= 0.3 is 0 Å². The molecule has 0 spiro atoms. The van der Waals surface area contributed by atoms with E-state index in [-0.39, 0.29) is 23.2 Å². The van der Waals surface area contributed by atoms with Gasteiger partial charge in [-0.2, -0.15) is 0 Å². The van der Waals surface area contributed by atoms with Crippen LogP contribution < -0.4 is 5.56 Å². The molecule has 1 aliphatic heterocycles. The van der Waals surface area contributed by atoms with Crippen molar-refractivity contribution >= 4 is 17.5 Å². The number of piperidine rings is 1. The Balaban J connectivity index is 1.57. The number of hydrogen-bond acceptors (Lipinski definition) is 4. The van der Waals surface area contributed by atoms with Crippen molar-refractivity contribution in [3.8, 4) is 0 Å². The highest BCUT2D eigenvalue weighted by Crippen LogP contribution is 2.32. The number of benzene rings is 1. The first-order valence-electron chi connectivity index (χ1n) is 9.30. The van der Waals surface area contributed by atoms with Crippen LogP contribution in [-0.4, -0.2) is 27.3 Å². The van der Waals surface area contributed by atoms with E-state index in [4.69, 9.17) is 16.0 Å². The van der Waals surface area contributed by atoms with E-state index in [1.54, 1.807) is 23.2 Å². The van der Waals surface area contributed by atoms with Crippen molar-refractivity contribution in [2.45, 2.75) is 31.7 Å². The third-order valence-corrected chi connectivity index (χ3v) is 5.31. The third kappa shape index (κ3) is 3.87. The summed E-state index contributed by atoms with van der Waals surface area (Å²) < 4.78 is 5.99. The molecule has 1 aliphatic rings. The van der Waals surface area contributed by atoms with Crippen molar-refractivity contribution in [2.24, 2.45) is 0 Å². The highest BCUT2D eigenvalue weighted by atomic mass is 35.5. The third-order valence-electron chi connectivity index (χ3n) is 4.94. The Morgan fingerprint density at radius 1 is 1.21 bits per heavy atom. The summed E-state index contributed by atoms with van der Waals surface area (Å²) in [5.74, 6) is 1.01. The molecule has 3 aromatic rings. The standard InChI is InChI=1S/C21H20ClN3O3/c22-16-7-2-1-6-14(16)12-15-13-23-20(28-15)18-9-3-4-11-25(18)21(27)17-8-5-10-19(26)24-17/h1-2,5-8,10,13,18H,3-4,9,11-12H2,(H,24,26)/t18-/m0/s1. The van der Waals surface area contributed by atoms with Gasteiger partial charge in [-0.15, -0.1) is 0 Å². The summed E-state index contributed by atoms with van der Waals surface area (Å²) >= 11 is 6.23. The maximum absolute atomic E-state index is 12.9. The van der Waals surface area contributed by atoms with E-state index in [1.807, 2.05) is 24.3 Å². The van der Waals surface area contributed by atoms with Gasteiger partial charge in [-0.3, -0.25) is 9.59 Å². The second kappa shape index (κ2) is 8.02. The number of amides is 1. The predicted molar refractivity (Wildman–Crippen MR) is 105 cm³/mol. The van der Waals surface area contributed by atoms with Crippen LogP contribution in [-0.2, 0) is 6.42 Å². The van der Waals surface area contributed by atoms with E-state index in [9.17, 15) is 9.59 Å². The molecule has 0 bridgehead atoms. The molecule has 1 amide bonds. The van der Waals surface area contributed by atoms with Crippen molar-refractivity contribution in [1.29, 1.82) is 0 Å². The zero-order chi connectivity index (χ0) is 19.5. The number of pyridine rings is 1. The molecule has 0 unspecified atom stereocenters. The summed E-state index contributed by atoms with van der Waals surface area (Å²) in [5, 5.41) is 0.683. The van der Waals surface area contributed by atoms with Gasteiger partial charge in [0.1, 0.15) is 17.5 Å². The van der Waals surface area contributed by atoms with E-state index >= 15 is 0 Å². The minimum Gasteiger partial charge on any atom is -0.443 e. The fourth-order valence-electron chi connectivity index (χ4n) is 3.55. The van der Waals surface area contributed by atoms with Gasteiger partial charge in [0.05, 0.1) is 6.20 Å². The second-order valence-electron chi connectivity index (χ2n) is 6.87. The molecule has 1 N–H and O–H groups in total. The second-order valence-corrected chi connectivity index (χ2v) is 7.28. The highest BCUT2D eigenvalue weighted by Gasteiger charge is 2.32. The fourth-order valence-corrected chi connectivity index (χ4v) is 3.75. The molecule has 6 nitrogen and oxygen atoms in total. The number of carbonyl (C=O) groups is 1. The average molecular weight is 398 g/mol. The molecule has 3 heterocycles. The van der Waals surface area contributed by atoms with Gasteiger partial charge in [0.2, 0.25) is 11.4 Å². The van der Waals surface area contributed by atoms with Crippen LogP contribution in [0.5, 0.6) is 0 Å². The largest absolute Gasteiger partial charge is 0.443 e. The maximum atomic E-state index is 12.9. The number of carbonyl (C=O) groups excluding carboxylic acids is 1. The highest BCUT2D eigenvalue weighted by molar-refractivity contribution is 6.31. The van der Waals surface area contributed by atoms with Crippen molar-refractivity contribution in [3.63, 3.8) is 0 Å². The first-order chi connectivity index (χ1) is 13.6. The quantitative estimate of drug-likeness (QED) is 0.722. The van der Waals surface area contributed by atoms with E-state index in [0.717, 1.165) is 24.8 Å². The van der Waals surface area contributed by atoms with E-state index < -0.39 is 0 Å². The van der Waals surface area contributed by atoms with E-state index in [1.165, 1.54) is 6.07 Å². The minimum absolute atomic E-state index is 0.215. The summed E-state index contributed by atoms with van der Waals surface area (Å²) in [4.78, 5) is 33.3. The van der Waals surface area contributed by atoms with Crippen molar-refractivity contribution < 1.29 is 9.21 Å². The Morgan fingerprint density at radius 2 is 2.07 bits per heavy atom. The summed E-state index contributed by atoms with van der Waals surface area (Å²) in [5.41, 5.74) is 0.949. The Bertz CT molecular complexity index is 1040. The molecule has 0 saturated carbocycles. The topological polar surface area (TPSA) is 79.2 Å². The molecule has 1 fully saturated rings. The van der Waals surface area contributed by atoms with Crippen LogP contribution >= 0.6 is 11.6 Å². The van der Waals surface area contributed by atoms with E-state index in [2.05, 4.69) is 9.97 Å². The van der Waals surface area contributed by atoms with Crippen LogP contribution in [0.25, 0.3) is 0 Å². The lowest BCUT2D eigenvalue weighted by atomic mass is 10.0. The molecule has 1 atom stereocenters. The lowest BCUT2D eigenvalue weighted by Crippen LogP contribution is -2.39. The van der Waals surface area contributed by atoms with Gasteiger partial charge in [0, 0.05) is 24.1 Å². The maximum Gasteiger partial charge on any atom is 0.271 e. The number of rotatable bonds is 4. The number of likely N-dealkylation sites (tertiary alicyclic amines) is 1. The number of nitrogens with one attached hydrogen (secondary N) is 1. The average Bonchev–Trinajstić information content (AvgIpc) is 3.18. The zero-order valence-corrected chi connectivity index (χ0v) is 16.0. The Morgan fingerprint density at radius 3 is 2.89 bits per heavy atom. The molecule has 4 rings (SSSR count). The number of halogens is 1. The Labute approximate surface area is 167 Å². The van der Waals surface area contributed by atoms with Gasteiger partial charge in [-0.05, 0) is 37.0 Å². The van der Waals surface area contributed by atoms with Crippen molar-refractivity contribution in [1.82, 2.24) is 14.9 Å². The number of hydrogen-bond donors (Lipinski definition) is 1. The monoisotopic (exact) mass is 397 g/mol. The number of oxazole rings is 1. The summed E-state index contributed by atoms with van der Waals surface area (Å²) in [7, 11) is 0. The Kier molecular flexibility index (Phi) is 5.30. The lowest BCUT2D eigenvalue weighted by molar-refractivity contribution is 0.0563. The SMILES string of the molecule is O=C(c1cccc(=O)[nH]1)N1CCCC[C@H]1c1ncc(Cc2ccccc2Cl)o1. The Hall–Kier alpha value is -2.86. The van der Waals surface area contributed by atoms with Gasteiger partial charge in [0.15, 0.2) is 0 Å². The first-order valence-corrected chi connectivity index (χ1v) is 9.68. The minimum atomic E-state index is -0.294. The van der Waals surface area contributed by atoms with Crippen molar-refractivity contribution in [3.05, 3.63) is 86.9 Å². The van der Waals surface area contributed by atoms with Gasteiger partial charge in [0.25, 0.3) is 5.91 Å². The summed E-state index contributed by atoms with van der Waals surface area (Å²) in [6.07, 6.45) is 4.91. The molecule has 1 aromatic carbocycles.